The minimum atomic E-state index is -0.971. The maximum atomic E-state index is 13.4. The third-order valence-electron chi connectivity index (χ3n) is 2.86. The fourth-order valence-corrected chi connectivity index (χ4v) is 3.15. The van der Waals surface area contributed by atoms with E-state index < -0.39 is 17.7 Å². The summed E-state index contributed by atoms with van der Waals surface area (Å²) in [6, 6.07) is 6.98. The molecule has 6 heteroatoms. The van der Waals surface area contributed by atoms with E-state index in [-0.39, 0.29) is 5.02 Å². The van der Waals surface area contributed by atoms with E-state index in [1.165, 1.54) is 0 Å². The van der Waals surface area contributed by atoms with Gasteiger partial charge in [0.25, 0.3) is 0 Å². The maximum Gasteiger partial charge on any atom is 0.160 e. The van der Waals surface area contributed by atoms with Gasteiger partial charge in [-0.2, -0.15) is 0 Å². The Morgan fingerprint density at radius 3 is 2.30 bits per heavy atom. The summed E-state index contributed by atoms with van der Waals surface area (Å²) in [7, 11) is 1.71. The van der Waals surface area contributed by atoms with Gasteiger partial charge in [0.05, 0.1) is 6.04 Å². The molecule has 0 saturated carbocycles. The van der Waals surface area contributed by atoms with Crippen molar-refractivity contribution in [2.24, 2.45) is 0 Å². The first-order chi connectivity index (χ1) is 9.42. The lowest BCUT2D eigenvalue weighted by Gasteiger charge is -2.19. The van der Waals surface area contributed by atoms with E-state index >= 15 is 0 Å². The Morgan fingerprint density at radius 2 is 1.70 bits per heavy atom. The van der Waals surface area contributed by atoms with Crippen molar-refractivity contribution in [3.8, 4) is 0 Å². The third-order valence-corrected chi connectivity index (χ3v) is 3.86. The highest BCUT2D eigenvalue weighted by Gasteiger charge is 2.19. The smallest absolute Gasteiger partial charge is 0.160 e. The van der Waals surface area contributed by atoms with Crippen molar-refractivity contribution < 1.29 is 8.78 Å². The van der Waals surface area contributed by atoms with Crippen molar-refractivity contribution in [1.82, 2.24) is 5.32 Å². The maximum absolute atomic E-state index is 13.4. The van der Waals surface area contributed by atoms with Crippen LogP contribution in [-0.4, -0.2) is 7.05 Å². The molecule has 0 amide bonds. The van der Waals surface area contributed by atoms with E-state index in [9.17, 15) is 8.78 Å². The zero-order valence-corrected chi connectivity index (χ0v) is 13.5. The number of halogens is 5. The average molecular weight is 381 g/mol. The van der Waals surface area contributed by atoms with Gasteiger partial charge in [0.15, 0.2) is 11.6 Å². The van der Waals surface area contributed by atoms with E-state index in [4.69, 9.17) is 23.2 Å². The number of benzene rings is 2. The molecule has 1 atom stereocenters. The third kappa shape index (κ3) is 3.31. The van der Waals surface area contributed by atoms with Crippen LogP contribution in [0.15, 0.2) is 34.8 Å². The van der Waals surface area contributed by atoms with Crippen molar-refractivity contribution in [3.05, 3.63) is 67.6 Å². The fourth-order valence-electron chi connectivity index (χ4n) is 2.00. The fraction of sp³-hybridized carbons (Fsp3) is 0.143. The molecule has 0 fully saturated rings. The summed E-state index contributed by atoms with van der Waals surface area (Å²) in [5.74, 6) is -1.91. The number of rotatable bonds is 3. The van der Waals surface area contributed by atoms with Crippen LogP contribution in [-0.2, 0) is 0 Å². The zero-order valence-electron chi connectivity index (χ0n) is 10.4. The van der Waals surface area contributed by atoms with Crippen LogP contribution >= 0.6 is 39.1 Å². The van der Waals surface area contributed by atoms with Crippen LogP contribution in [0.3, 0.4) is 0 Å². The molecule has 106 valence electrons. The van der Waals surface area contributed by atoms with Gasteiger partial charge in [0.1, 0.15) is 0 Å². The highest BCUT2D eigenvalue weighted by atomic mass is 79.9. The molecule has 2 rings (SSSR count). The van der Waals surface area contributed by atoms with Gasteiger partial charge in [-0.05, 0) is 48.5 Å². The van der Waals surface area contributed by atoms with Crippen LogP contribution < -0.4 is 5.32 Å². The molecule has 0 saturated heterocycles. The second-order valence-corrected chi connectivity index (χ2v) is 5.97. The van der Waals surface area contributed by atoms with Gasteiger partial charge in [0, 0.05) is 14.5 Å². The van der Waals surface area contributed by atoms with E-state index in [2.05, 4.69) is 21.2 Å². The SMILES string of the molecule is CNC(c1cc(Cl)cc(Br)c1)c1cc(F)c(F)cc1Cl. The normalized spacial score (nSPS) is 12.5. The van der Waals surface area contributed by atoms with Crippen LogP contribution in [0.25, 0.3) is 0 Å². The summed E-state index contributed by atoms with van der Waals surface area (Å²) in [6.07, 6.45) is 0. The summed E-state index contributed by atoms with van der Waals surface area (Å²) in [6.45, 7) is 0. The molecule has 2 aromatic carbocycles. The van der Waals surface area contributed by atoms with Crippen molar-refractivity contribution in [2.75, 3.05) is 7.05 Å². The molecular weight excluding hydrogens is 371 g/mol. The van der Waals surface area contributed by atoms with E-state index in [1.807, 2.05) is 6.07 Å². The highest BCUT2D eigenvalue weighted by molar-refractivity contribution is 9.10. The number of nitrogens with one attached hydrogen (secondary N) is 1. The molecule has 1 N–H and O–H groups in total. The van der Waals surface area contributed by atoms with Gasteiger partial charge in [-0.15, -0.1) is 0 Å². The zero-order chi connectivity index (χ0) is 14.9. The molecule has 0 radical (unpaired) electrons. The Kier molecular flexibility index (Phi) is 5.02. The van der Waals surface area contributed by atoms with Crippen LogP contribution in [0, 0.1) is 11.6 Å². The molecule has 1 unspecified atom stereocenters. The van der Waals surface area contributed by atoms with Gasteiger partial charge >= 0.3 is 0 Å². The molecule has 0 heterocycles. The molecule has 0 spiro atoms. The first-order valence-electron chi connectivity index (χ1n) is 5.70. The number of hydrogen-bond acceptors (Lipinski definition) is 1. The largest absolute Gasteiger partial charge is 0.309 e. The van der Waals surface area contributed by atoms with Gasteiger partial charge in [-0.1, -0.05) is 39.1 Å². The minimum Gasteiger partial charge on any atom is -0.309 e. The summed E-state index contributed by atoms with van der Waals surface area (Å²) < 4.78 is 27.4. The first-order valence-corrected chi connectivity index (χ1v) is 7.25. The van der Waals surface area contributed by atoms with E-state index in [1.54, 1.807) is 19.2 Å². The highest BCUT2D eigenvalue weighted by Crippen LogP contribution is 2.32. The average Bonchev–Trinajstić information content (AvgIpc) is 2.35. The standard InChI is InChI=1S/C14H10BrCl2F2N/c1-20-14(7-2-8(15)4-9(16)3-7)10-5-12(18)13(19)6-11(10)17/h2-6,14,20H,1H3. The Balaban J connectivity index is 2.55. The molecule has 0 aliphatic rings. The summed E-state index contributed by atoms with van der Waals surface area (Å²) in [5.41, 5.74) is 1.24. The van der Waals surface area contributed by atoms with Gasteiger partial charge in [0.2, 0.25) is 0 Å². The van der Waals surface area contributed by atoms with Gasteiger partial charge < -0.3 is 5.32 Å². The lowest BCUT2D eigenvalue weighted by atomic mass is 9.98. The molecule has 0 aliphatic carbocycles. The summed E-state index contributed by atoms with van der Waals surface area (Å²) in [5, 5.41) is 3.71. The minimum absolute atomic E-state index is 0.152. The van der Waals surface area contributed by atoms with Crippen LogP contribution in [0.2, 0.25) is 10.0 Å². The Bertz CT molecular complexity index is 629. The van der Waals surface area contributed by atoms with E-state index in [0.29, 0.717) is 10.6 Å². The molecule has 20 heavy (non-hydrogen) atoms. The lowest BCUT2D eigenvalue weighted by Crippen LogP contribution is -2.18. The summed E-state index contributed by atoms with van der Waals surface area (Å²) >= 11 is 15.4. The van der Waals surface area contributed by atoms with E-state index in [0.717, 1.165) is 22.2 Å². The second-order valence-electron chi connectivity index (χ2n) is 4.21. The summed E-state index contributed by atoms with van der Waals surface area (Å²) in [4.78, 5) is 0. The molecule has 0 aromatic heterocycles. The Hall–Kier alpha value is -0.680. The van der Waals surface area contributed by atoms with Crippen molar-refractivity contribution in [2.45, 2.75) is 6.04 Å². The quantitative estimate of drug-likeness (QED) is 0.708. The second kappa shape index (κ2) is 6.39. The molecular formula is C14H10BrCl2F2N. The number of hydrogen-bond donors (Lipinski definition) is 1. The molecule has 2 aromatic rings. The van der Waals surface area contributed by atoms with Gasteiger partial charge in [-0.25, -0.2) is 8.78 Å². The molecule has 0 aliphatic heterocycles. The van der Waals surface area contributed by atoms with Gasteiger partial charge in [-0.3, -0.25) is 0 Å². The van der Waals surface area contributed by atoms with Crippen LogP contribution in [0.4, 0.5) is 8.78 Å². The topological polar surface area (TPSA) is 12.0 Å². The first kappa shape index (κ1) is 15.7. The monoisotopic (exact) mass is 379 g/mol. The predicted molar refractivity (Wildman–Crippen MR) is 81.4 cm³/mol. The Morgan fingerprint density at radius 1 is 1.05 bits per heavy atom. The van der Waals surface area contributed by atoms with Crippen molar-refractivity contribution in [3.63, 3.8) is 0 Å². The van der Waals surface area contributed by atoms with Crippen molar-refractivity contribution in [1.29, 1.82) is 0 Å². The molecule has 1 nitrogen and oxygen atoms in total. The van der Waals surface area contributed by atoms with Crippen molar-refractivity contribution >= 4 is 39.1 Å². The predicted octanol–water partition coefficient (Wildman–Crippen LogP) is 5.34. The lowest BCUT2D eigenvalue weighted by molar-refractivity contribution is 0.505. The van der Waals surface area contributed by atoms with Crippen LogP contribution in [0.1, 0.15) is 17.2 Å². The molecule has 0 bridgehead atoms. The van der Waals surface area contributed by atoms with Crippen LogP contribution in [0.5, 0.6) is 0 Å². The Labute approximate surface area is 134 Å².